The van der Waals surface area contributed by atoms with Gasteiger partial charge in [0.15, 0.2) is 17.5 Å². The predicted octanol–water partition coefficient (Wildman–Crippen LogP) is 5.67. The molecule has 32 heavy (non-hydrogen) atoms. The monoisotopic (exact) mass is 426 g/mol. The fraction of sp³-hybridized carbons (Fsp3) is 0. The average molecular weight is 426 g/mol. The van der Waals surface area contributed by atoms with Crippen molar-refractivity contribution in [3.05, 3.63) is 88.9 Å². The Hall–Kier alpha value is -4.69. The molecule has 0 aliphatic heterocycles. The van der Waals surface area contributed by atoms with Crippen LogP contribution in [-0.2, 0) is 0 Å². The molecule has 0 spiro atoms. The molecule has 0 N–H and O–H groups in total. The molecule has 4 aromatic rings. The maximum absolute atomic E-state index is 13.5. The minimum Gasteiger partial charge on any atom is -0.457 e. The first-order chi connectivity index (χ1) is 15.5. The summed E-state index contributed by atoms with van der Waals surface area (Å²) in [6.45, 7) is 0. The van der Waals surface area contributed by atoms with Gasteiger partial charge < -0.3 is 4.74 Å². The number of nitrogens with zero attached hydrogens (tertiary/aromatic N) is 4. The van der Waals surface area contributed by atoms with Crippen molar-refractivity contribution < 1.29 is 17.9 Å². The Morgan fingerprint density at radius 1 is 0.750 bits per heavy atom. The number of ether oxygens (including phenoxy) is 1. The van der Waals surface area contributed by atoms with Crippen LogP contribution in [0.15, 0.2) is 60.2 Å². The molecule has 0 atom stereocenters. The minimum atomic E-state index is -1.58. The summed E-state index contributed by atoms with van der Waals surface area (Å²) in [5.41, 5.74) is 3.59. The molecule has 3 aromatic carbocycles. The highest BCUT2D eigenvalue weighted by Crippen LogP contribution is 2.44. The first-order valence-corrected chi connectivity index (χ1v) is 9.29. The number of allylic oxidation sites excluding steroid dienone is 1. The summed E-state index contributed by atoms with van der Waals surface area (Å²) in [7, 11) is 0. The highest BCUT2D eigenvalue weighted by atomic mass is 19.2. The lowest BCUT2D eigenvalue weighted by Gasteiger charge is -2.09. The number of nitriles is 2. The molecule has 1 heterocycles. The zero-order valence-corrected chi connectivity index (χ0v) is 16.0. The summed E-state index contributed by atoms with van der Waals surface area (Å²) >= 11 is 0. The van der Waals surface area contributed by atoms with E-state index in [2.05, 4.69) is 9.97 Å². The molecule has 8 heteroatoms. The third kappa shape index (κ3) is 2.94. The number of halogens is 3. The van der Waals surface area contributed by atoms with E-state index in [9.17, 15) is 23.7 Å². The molecule has 0 saturated carbocycles. The molecule has 1 aliphatic carbocycles. The van der Waals surface area contributed by atoms with Crippen LogP contribution in [0.2, 0.25) is 0 Å². The van der Waals surface area contributed by atoms with Gasteiger partial charge in [0.25, 0.3) is 0 Å². The van der Waals surface area contributed by atoms with Crippen LogP contribution in [0.4, 0.5) is 13.2 Å². The maximum Gasteiger partial charge on any atom is 0.194 e. The van der Waals surface area contributed by atoms with E-state index in [0.29, 0.717) is 33.6 Å². The molecule has 0 radical (unpaired) electrons. The fourth-order valence-corrected chi connectivity index (χ4v) is 3.61. The van der Waals surface area contributed by atoms with Crippen LogP contribution in [0.5, 0.6) is 11.5 Å². The molecule has 1 aliphatic rings. The Kier molecular flexibility index (Phi) is 4.35. The lowest BCUT2D eigenvalue weighted by atomic mass is 10.0. The van der Waals surface area contributed by atoms with Gasteiger partial charge in [0.05, 0.1) is 22.4 Å². The lowest BCUT2D eigenvalue weighted by molar-refractivity contribution is 0.424. The van der Waals surface area contributed by atoms with E-state index in [1.807, 2.05) is 24.3 Å². The molecular weight excluding hydrogens is 417 g/mol. The zero-order chi connectivity index (χ0) is 22.4. The van der Waals surface area contributed by atoms with Crippen molar-refractivity contribution in [3.8, 4) is 34.9 Å². The van der Waals surface area contributed by atoms with Crippen molar-refractivity contribution in [1.29, 1.82) is 10.5 Å². The smallest absolute Gasteiger partial charge is 0.194 e. The second-order valence-corrected chi connectivity index (χ2v) is 6.89. The first-order valence-electron chi connectivity index (χ1n) is 9.29. The maximum atomic E-state index is 13.5. The van der Waals surface area contributed by atoms with Crippen LogP contribution in [0.1, 0.15) is 11.3 Å². The Labute approximate surface area is 179 Å². The van der Waals surface area contributed by atoms with E-state index < -0.39 is 17.5 Å². The van der Waals surface area contributed by atoms with Gasteiger partial charge in [-0.1, -0.05) is 24.3 Å². The summed E-state index contributed by atoms with van der Waals surface area (Å²) in [6, 6.07) is 17.2. The second-order valence-electron chi connectivity index (χ2n) is 6.89. The van der Waals surface area contributed by atoms with Gasteiger partial charge >= 0.3 is 0 Å². The van der Waals surface area contributed by atoms with Crippen LogP contribution in [0, 0.1) is 40.1 Å². The fourth-order valence-electron chi connectivity index (χ4n) is 3.61. The predicted molar refractivity (Wildman–Crippen MR) is 109 cm³/mol. The number of hydrogen-bond acceptors (Lipinski definition) is 5. The molecule has 5 nitrogen and oxygen atoms in total. The van der Waals surface area contributed by atoms with Gasteiger partial charge in [-0.05, 0) is 17.7 Å². The standard InChI is InChI=1S/C24H9F3N4O/c25-17-7-14(8-18(26)22(17)27)32-13-5-6-19-20(9-13)31-23-16-4-2-1-3-15(16)21(24(23)30-19)12(10-28)11-29/h1-9H. The van der Waals surface area contributed by atoms with Gasteiger partial charge in [0.2, 0.25) is 0 Å². The van der Waals surface area contributed by atoms with Gasteiger partial charge in [-0.3, -0.25) is 0 Å². The van der Waals surface area contributed by atoms with Gasteiger partial charge in [0, 0.05) is 29.3 Å². The van der Waals surface area contributed by atoms with Crippen molar-refractivity contribution >= 4 is 16.6 Å². The summed E-state index contributed by atoms with van der Waals surface area (Å²) in [5, 5.41) is 18.8. The molecule has 152 valence electrons. The zero-order valence-electron chi connectivity index (χ0n) is 16.0. The van der Waals surface area contributed by atoms with Crippen LogP contribution < -0.4 is 4.74 Å². The minimum absolute atomic E-state index is 0.0647. The second kappa shape index (κ2) is 7.22. The number of fused-ring (bicyclic) bond motifs is 4. The summed E-state index contributed by atoms with van der Waals surface area (Å²) in [5.74, 6) is -4.29. The normalized spacial score (nSPS) is 11.5. The van der Waals surface area contributed by atoms with Crippen LogP contribution in [0.25, 0.3) is 27.9 Å². The van der Waals surface area contributed by atoms with Crippen molar-refractivity contribution in [2.45, 2.75) is 0 Å². The molecule has 1 aromatic heterocycles. The summed E-state index contributed by atoms with van der Waals surface area (Å²) in [6.07, 6.45) is 0. The largest absolute Gasteiger partial charge is 0.457 e. The number of aromatic nitrogens is 2. The molecule has 0 amide bonds. The Balaban J connectivity index is 1.65. The number of hydrogen-bond donors (Lipinski definition) is 0. The highest BCUT2D eigenvalue weighted by Gasteiger charge is 2.29. The van der Waals surface area contributed by atoms with E-state index in [1.165, 1.54) is 12.1 Å². The highest BCUT2D eigenvalue weighted by molar-refractivity contribution is 6.03. The molecular formula is C24H9F3N4O. The quantitative estimate of drug-likeness (QED) is 0.268. The molecule has 0 fully saturated rings. The Morgan fingerprint density at radius 2 is 1.41 bits per heavy atom. The van der Waals surface area contributed by atoms with E-state index >= 15 is 0 Å². The van der Waals surface area contributed by atoms with Crippen molar-refractivity contribution in [2.24, 2.45) is 0 Å². The molecule has 5 rings (SSSR count). The van der Waals surface area contributed by atoms with Gasteiger partial charge in [0.1, 0.15) is 29.2 Å². The average Bonchev–Trinajstić information content (AvgIpc) is 3.10. The Morgan fingerprint density at radius 3 is 2.09 bits per heavy atom. The molecule has 0 saturated heterocycles. The van der Waals surface area contributed by atoms with Crippen molar-refractivity contribution in [3.63, 3.8) is 0 Å². The third-order valence-electron chi connectivity index (χ3n) is 4.99. The lowest BCUT2D eigenvalue weighted by Crippen LogP contribution is -1.96. The van der Waals surface area contributed by atoms with E-state index in [0.717, 1.165) is 17.7 Å². The summed E-state index contributed by atoms with van der Waals surface area (Å²) in [4.78, 5) is 9.26. The van der Waals surface area contributed by atoms with Gasteiger partial charge in [-0.15, -0.1) is 0 Å². The summed E-state index contributed by atoms with van der Waals surface area (Å²) < 4.78 is 45.6. The topological polar surface area (TPSA) is 82.6 Å². The van der Waals surface area contributed by atoms with Crippen molar-refractivity contribution in [2.75, 3.05) is 0 Å². The number of rotatable bonds is 2. The first kappa shape index (κ1) is 19.3. The molecule has 0 unspecified atom stereocenters. The van der Waals surface area contributed by atoms with E-state index in [-0.39, 0.29) is 17.1 Å². The third-order valence-corrected chi connectivity index (χ3v) is 4.99. The number of benzene rings is 3. The van der Waals surface area contributed by atoms with Gasteiger partial charge in [-0.25, -0.2) is 23.1 Å². The van der Waals surface area contributed by atoms with Crippen LogP contribution >= 0.6 is 0 Å². The Bertz CT molecular complexity index is 1530. The van der Waals surface area contributed by atoms with E-state index in [1.54, 1.807) is 18.2 Å². The van der Waals surface area contributed by atoms with Crippen LogP contribution in [0.3, 0.4) is 0 Å². The van der Waals surface area contributed by atoms with E-state index in [4.69, 9.17) is 4.74 Å². The van der Waals surface area contributed by atoms with Crippen molar-refractivity contribution in [1.82, 2.24) is 9.97 Å². The molecule has 0 bridgehead atoms. The van der Waals surface area contributed by atoms with Crippen LogP contribution in [-0.4, -0.2) is 9.97 Å². The van der Waals surface area contributed by atoms with Gasteiger partial charge in [-0.2, -0.15) is 10.5 Å². The SMILES string of the molecule is N#CC(C#N)=C1c2ccccc2-c2nc3cc(Oc4cc(F)c(F)c(F)c4)ccc3nc21.